The molecule has 0 spiro atoms. The highest BCUT2D eigenvalue weighted by atomic mass is 19.1. The standard InChI is InChI=1S/C18H14FN3O2/c1-12(23)22-16-6-8-17(9-7-16)24-18-20-10-14(11-21-18)13-2-4-15(19)5-3-13/h2-11H,1H3,(H,22,23). The number of hydrogen-bond acceptors (Lipinski definition) is 4. The number of hydrogen-bond donors (Lipinski definition) is 1. The maximum Gasteiger partial charge on any atom is 0.321 e. The van der Waals surface area contributed by atoms with E-state index < -0.39 is 0 Å². The number of ether oxygens (including phenoxy) is 1. The topological polar surface area (TPSA) is 64.1 Å². The van der Waals surface area contributed by atoms with Crippen molar-refractivity contribution in [2.75, 3.05) is 5.32 Å². The Kier molecular flexibility index (Phi) is 4.47. The molecule has 0 unspecified atom stereocenters. The van der Waals surface area contributed by atoms with Crippen molar-refractivity contribution in [2.24, 2.45) is 0 Å². The monoisotopic (exact) mass is 323 g/mol. The Morgan fingerprint density at radius 3 is 2.17 bits per heavy atom. The molecule has 0 aliphatic heterocycles. The lowest BCUT2D eigenvalue weighted by atomic mass is 10.1. The van der Waals surface area contributed by atoms with Crippen molar-refractivity contribution in [2.45, 2.75) is 6.92 Å². The minimum absolute atomic E-state index is 0.136. The molecule has 1 amide bonds. The van der Waals surface area contributed by atoms with Crippen molar-refractivity contribution in [3.63, 3.8) is 0 Å². The summed E-state index contributed by atoms with van der Waals surface area (Å²) >= 11 is 0. The molecule has 24 heavy (non-hydrogen) atoms. The lowest BCUT2D eigenvalue weighted by molar-refractivity contribution is -0.114. The third kappa shape index (κ3) is 3.92. The number of nitrogens with zero attached hydrogens (tertiary/aromatic N) is 2. The van der Waals surface area contributed by atoms with Gasteiger partial charge in [-0.15, -0.1) is 0 Å². The van der Waals surface area contributed by atoms with Crippen molar-refractivity contribution in [1.29, 1.82) is 0 Å². The van der Waals surface area contributed by atoms with E-state index in [0.29, 0.717) is 11.4 Å². The second kappa shape index (κ2) is 6.87. The van der Waals surface area contributed by atoms with Crippen molar-refractivity contribution >= 4 is 11.6 Å². The van der Waals surface area contributed by atoms with E-state index in [1.54, 1.807) is 48.8 Å². The molecule has 0 aliphatic rings. The van der Waals surface area contributed by atoms with Gasteiger partial charge in [-0.1, -0.05) is 12.1 Å². The van der Waals surface area contributed by atoms with E-state index in [4.69, 9.17) is 4.74 Å². The van der Waals surface area contributed by atoms with Gasteiger partial charge in [-0.2, -0.15) is 0 Å². The summed E-state index contributed by atoms with van der Waals surface area (Å²) in [5, 5.41) is 2.67. The second-order valence-corrected chi connectivity index (χ2v) is 5.07. The van der Waals surface area contributed by atoms with E-state index in [2.05, 4.69) is 15.3 Å². The molecule has 0 atom stereocenters. The molecule has 0 saturated heterocycles. The first-order chi connectivity index (χ1) is 11.6. The number of halogens is 1. The van der Waals surface area contributed by atoms with Gasteiger partial charge in [0.05, 0.1) is 0 Å². The van der Waals surface area contributed by atoms with Crippen LogP contribution in [0.5, 0.6) is 11.8 Å². The summed E-state index contributed by atoms with van der Waals surface area (Å²) in [7, 11) is 0. The Morgan fingerprint density at radius 2 is 1.58 bits per heavy atom. The smallest absolute Gasteiger partial charge is 0.321 e. The summed E-state index contributed by atoms with van der Waals surface area (Å²) in [4.78, 5) is 19.3. The number of aromatic nitrogens is 2. The molecule has 1 heterocycles. The summed E-state index contributed by atoms with van der Waals surface area (Å²) in [6.45, 7) is 1.45. The molecule has 5 nitrogen and oxygen atoms in total. The van der Waals surface area contributed by atoms with Gasteiger partial charge in [0, 0.05) is 30.6 Å². The number of carbonyl (C=O) groups excluding carboxylic acids is 1. The highest BCUT2D eigenvalue weighted by Gasteiger charge is 2.04. The fraction of sp³-hybridized carbons (Fsp3) is 0.0556. The van der Waals surface area contributed by atoms with Gasteiger partial charge in [0.25, 0.3) is 0 Å². The lowest BCUT2D eigenvalue weighted by Gasteiger charge is -2.06. The van der Waals surface area contributed by atoms with Gasteiger partial charge in [0.2, 0.25) is 5.91 Å². The maximum atomic E-state index is 12.9. The van der Waals surface area contributed by atoms with Gasteiger partial charge in [-0.3, -0.25) is 4.79 Å². The molecular weight excluding hydrogens is 309 g/mol. The molecule has 1 aromatic heterocycles. The number of anilines is 1. The Bertz CT molecular complexity index is 832. The van der Waals surface area contributed by atoms with Crippen LogP contribution in [0.4, 0.5) is 10.1 Å². The van der Waals surface area contributed by atoms with Crippen LogP contribution in [-0.2, 0) is 4.79 Å². The van der Waals surface area contributed by atoms with Crippen LogP contribution in [-0.4, -0.2) is 15.9 Å². The number of nitrogens with one attached hydrogen (secondary N) is 1. The van der Waals surface area contributed by atoms with Crippen LogP contribution in [0.2, 0.25) is 0 Å². The third-order valence-electron chi connectivity index (χ3n) is 3.19. The first kappa shape index (κ1) is 15.6. The largest absolute Gasteiger partial charge is 0.424 e. The van der Waals surface area contributed by atoms with E-state index in [9.17, 15) is 9.18 Å². The highest BCUT2D eigenvalue weighted by Crippen LogP contribution is 2.22. The summed E-state index contributed by atoms with van der Waals surface area (Å²) in [5.74, 6) is 0.129. The van der Waals surface area contributed by atoms with Crippen LogP contribution in [0.3, 0.4) is 0 Å². The number of amides is 1. The van der Waals surface area contributed by atoms with E-state index >= 15 is 0 Å². The van der Waals surface area contributed by atoms with Crippen molar-refractivity contribution < 1.29 is 13.9 Å². The number of rotatable bonds is 4. The van der Waals surface area contributed by atoms with Gasteiger partial charge in [0.1, 0.15) is 11.6 Å². The van der Waals surface area contributed by atoms with E-state index in [1.165, 1.54) is 19.1 Å². The molecule has 1 N–H and O–H groups in total. The van der Waals surface area contributed by atoms with E-state index in [1.807, 2.05) is 0 Å². The van der Waals surface area contributed by atoms with Crippen LogP contribution in [0.15, 0.2) is 60.9 Å². The fourth-order valence-electron chi connectivity index (χ4n) is 2.08. The molecule has 120 valence electrons. The summed E-state index contributed by atoms with van der Waals surface area (Å²) in [6.07, 6.45) is 3.22. The van der Waals surface area contributed by atoms with Gasteiger partial charge >= 0.3 is 6.01 Å². The van der Waals surface area contributed by atoms with Crippen LogP contribution in [0.1, 0.15) is 6.92 Å². The Hall–Kier alpha value is -3.28. The molecule has 2 aromatic carbocycles. The average Bonchev–Trinajstić information content (AvgIpc) is 2.58. The average molecular weight is 323 g/mol. The zero-order valence-corrected chi connectivity index (χ0v) is 12.9. The molecule has 0 fully saturated rings. The molecule has 6 heteroatoms. The maximum absolute atomic E-state index is 12.9. The SMILES string of the molecule is CC(=O)Nc1ccc(Oc2ncc(-c3ccc(F)cc3)cn2)cc1. The molecular formula is C18H14FN3O2. The zero-order valence-electron chi connectivity index (χ0n) is 12.9. The van der Waals surface area contributed by atoms with Crippen molar-refractivity contribution in [3.05, 3.63) is 66.7 Å². The van der Waals surface area contributed by atoms with Crippen LogP contribution in [0, 0.1) is 5.82 Å². The second-order valence-electron chi connectivity index (χ2n) is 5.07. The number of benzene rings is 2. The molecule has 3 aromatic rings. The summed E-state index contributed by atoms with van der Waals surface area (Å²) < 4.78 is 18.5. The summed E-state index contributed by atoms with van der Waals surface area (Å²) in [5.41, 5.74) is 2.27. The van der Waals surface area contributed by atoms with E-state index in [-0.39, 0.29) is 17.7 Å². The van der Waals surface area contributed by atoms with Crippen molar-refractivity contribution in [1.82, 2.24) is 9.97 Å². The molecule has 0 bridgehead atoms. The zero-order chi connectivity index (χ0) is 16.9. The highest BCUT2D eigenvalue weighted by molar-refractivity contribution is 5.88. The number of carbonyl (C=O) groups is 1. The molecule has 0 radical (unpaired) electrons. The molecule has 0 saturated carbocycles. The van der Waals surface area contributed by atoms with Crippen molar-refractivity contribution in [3.8, 4) is 22.9 Å². The van der Waals surface area contributed by atoms with Gasteiger partial charge in [-0.25, -0.2) is 14.4 Å². The Labute approximate surface area is 138 Å². The van der Waals surface area contributed by atoms with Gasteiger partial charge < -0.3 is 10.1 Å². The first-order valence-corrected chi connectivity index (χ1v) is 7.24. The van der Waals surface area contributed by atoms with Crippen LogP contribution >= 0.6 is 0 Å². The predicted octanol–water partition coefficient (Wildman–Crippen LogP) is 4.03. The van der Waals surface area contributed by atoms with Gasteiger partial charge in [0.15, 0.2) is 0 Å². The van der Waals surface area contributed by atoms with E-state index in [0.717, 1.165) is 11.1 Å². The normalized spacial score (nSPS) is 10.2. The predicted molar refractivity (Wildman–Crippen MR) is 88.2 cm³/mol. The first-order valence-electron chi connectivity index (χ1n) is 7.24. The minimum atomic E-state index is -0.290. The lowest BCUT2D eigenvalue weighted by Crippen LogP contribution is -2.05. The Balaban J connectivity index is 1.69. The third-order valence-corrected chi connectivity index (χ3v) is 3.19. The van der Waals surface area contributed by atoms with Gasteiger partial charge in [-0.05, 0) is 42.0 Å². The van der Waals surface area contributed by atoms with Crippen LogP contribution < -0.4 is 10.1 Å². The fourth-order valence-corrected chi connectivity index (χ4v) is 2.08. The minimum Gasteiger partial charge on any atom is -0.424 e. The molecule has 3 rings (SSSR count). The summed E-state index contributed by atoms with van der Waals surface area (Å²) in [6, 6.07) is 13.2. The Morgan fingerprint density at radius 1 is 0.958 bits per heavy atom. The molecule has 0 aliphatic carbocycles. The quantitative estimate of drug-likeness (QED) is 0.787. The van der Waals surface area contributed by atoms with Crippen LogP contribution in [0.25, 0.3) is 11.1 Å².